The van der Waals surface area contributed by atoms with Gasteiger partial charge in [-0.3, -0.25) is 4.90 Å². The lowest BCUT2D eigenvalue weighted by Crippen LogP contribution is -2.57. The van der Waals surface area contributed by atoms with Crippen LogP contribution in [0.4, 0.5) is 0 Å². The first-order chi connectivity index (χ1) is 8.29. The number of rotatable bonds is 4. The molecule has 2 fully saturated rings. The number of nitrogens with two attached hydrogens (primary N) is 1. The molecule has 1 saturated heterocycles. The predicted octanol–water partition coefficient (Wildman–Crippen LogP) is 2.53. The van der Waals surface area contributed by atoms with Gasteiger partial charge in [0.25, 0.3) is 0 Å². The Labute approximate surface area is 106 Å². The van der Waals surface area contributed by atoms with E-state index in [-0.39, 0.29) is 0 Å². The minimum absolute atomic E-state index is 0.323. The third-order valence-corrected chi connectivity index (χ3v) is 4.65. The molecule has 96 valence electrons. The third-order valence-electron chi connectivity index (χ3n) is 4.65. The summed E-state index contributed by atoms with van der Waals surface area (Å²) in [6.45, 7) is 4.46. The second-order valence-corrected chi connectivity index (χ2v) is 5.58. The lowest BCUT2D eigenvalue weighted by atomic mass is 9.84. The zero-order valence-electron chi connectivity index (χ0n) is 11.2. The second kappa shape index (κ2) is 5.89. The summed E-state index contributed by atoms with van der Waals surface area (Å²) in [6, 6.07) is 0.323. The second-order valence-electron chi connectivity index (χ2n) is 5.58. The number of hydrogen-bond acceptors (Lipinski definition) is 2. The summed E-state index contributed by atoms with van der Waals surface area (Å²) in [4.78, 5) is 2.70. The monoisotopic (exact) mass is 234 g/mol. The molecule has 0 aromatic heterocycles. The highest BCUT2D eigenvalue weighted by atomic mass is 15.2. The minimum atomic E-state index is 0.323. The van der Waals surface area contributed by atoms with Gasteiger partial charge in [0, 0.05) is 18.0 Å². The van der Waals surface area contributed by atoms with Crippen LogP contribution in [-0.4, -0.2) is 29.6 Å². The summed E-state index contributed by atoms with van der Waals surface area (Å²) >= 11 is 0. The molecule has 2 heteroatoms. The molecule has 1 unspecified atom stereocenters. The maximum absolute atomic E-state index is 6.53. The normalized spacial score (nSPS) is 25.5. The highest BCUT2D eigenvalue weighted by molar-refractivity contribution is 5.05. The molecule has 1 saturated carbocycles. The molecule has 1 aliphatic carbocycles. The van der Waals surface area contributed by atoms with E-state index >= 15 is 0 Å². The van der Waals surface area contributed by atoms with E-state index in [9.17, 15) is 0 Å². The molecule has 2 rings (SSSR count). The Morgan fingerprint density at radius 2 is 1.82 bits per heavy atom. The molecule has 1 aliphatic heterocycles. The van der Waals surface area contributed by atoms with Crippen LogP contribution in [0.1, 0.15) is 58.3 Å². The van der Waals surface area contributed by atoms with Gasteiger partial charge in [0.15, 0.2) is 0 Å². The summed E-state index contributed by atoms with van der Waals surface area (Å²) < 4.78 is 0. The molecule has 1 atom stereocenters. The number of nitrogens with zero attached hydrogens (tertiary/aromatic N) is 1. The molecular formula is C15H26N2. The van der Waals surface area contributed by atoms with Crippen molar-refractivity contribution < 1.29 is 0 Å². The van der Waals surface area contributed by atoms with Crippen LogP contribution in [0.25, 0.3) is 0 Å². The summed E-state index contributed by atoms with van der Waals surface area (Å²) in [6.07, 6.45) is 10.1. The fourth-order valence-electron chi connectivity index (χ4n) is 3.69. The molecule has 1 heterocycles. The van der Waals surface area contributed by atoms with Crippen LogP contribution in [0.15, 0.2) is 0 Å². The topological polar surface area (TPSA) is 29.3 Å². The lowest BCUT2D eigenvalue weighted by Gasteiger charge is -2.43. The van der Waals surface area contributed by atoms with E-state index in [1.165, 1.54) is 51.6 Å². The first kappa shape index (κ1) is 12.9. The zero-order chi connectivity index (χ0) is 12.1. The average molecular weight is 234 g/mol. The van der Waals surface area contributed by atoms with Crippen molar-refractivity contribution in [3.05, 3.63) is 0 Å². The molecule has 2 nitrogen and oxygen atoms in total. The van der Waals surface area contributed by atoms with Gasteiger partial charge in [0.2, 0.25) is 0 Å². The Hall–Kier alpha value is -0.520. The van der Waals surface area contributed by atoms with Crippen molar-refractivity contribution >= 4 is 0 Å². The van der Waals surface area contributed by atoms with Gasteiger partial charge < -0.3 is 5.73 Å². The largest absolute Gasteiger partial charge is 0.326 e. The Morgan fingerprint density at radius 1 is 1.18 bits per heavy atom. The molecule has 2 N–H and O–H groups in total. The Kier molecular flexibility index (Phi) is 4.48. The molecule has 0 radical (unpaired) electrons. The number of likely N-dealkylation sites (tertiary alicyclic amines) is 1. The van der Waals surface area contributed by atoms with Crippen molar-refractivity contribution in [2.75, 3.05) is 13.1 Å². The summed E-state index contributed by atoms with van der Waals surface area (Å²) in [5.41, 5.74) is 6.85. The van der Waals surface area contributed by atoms with E-state index in [1.807, 2.05) is 6.92 Å². The summed E-state index contributed by atoms with van der Waals surface area (Å²) in [5, 5.41) is 0. The molecule has 0 bridgehead atoms. The van der Waals surface area contributed by atoms with Crippen LogP contribution in [0.2, 0.25) is 0 Å². The van der Waals surface area contributed by atoms with Crippen LogP contribution in [0.5, 0.6) is 0 Å². The SMILES string of the molecule is CC#CCCC(N)C1(N2CCCC2)CCCC1. The van der Waals surface area contributed by atoms with Crippen LogP contribution >= 0.6 is 0 Å². The Balaban J connectivity index is 2.01. The van der Waals surface area contributed by atoms with E-state index in [0.717, 1.165) is 12.8 Å². The third kappa shape index (κ3) is 2.67. The molecule has 0 spiro atoms. The van der Waals surface area contributed by atoms with Crippen LogP contribution in [-0.2, 0) is 0 Å². The molecule has 17 heavy (non-hydrogen) atoms. The van der Waals surface area contributed by atoms with E-state index < -0.39 is 0 Å². The van der Waals surface area contributed by atoms with Gasteiger partial charge in [-0.05, 0) is 52.1 Å². The van der Waals surface area contributed by atoms with Gasteiger partial charge in [-0.2, -0.15) is 0 Å². The van der Waals surface area contributed by atoms with Crippen molar-refractivity contribution in [1.29, 1.82) is 0 Å². The van der Waals surface area contributed by atoms with Crippen LogP contribution in [0, 0.1) is 11.8 Å². The van der Waals surface area contributed by atoms with Crippen molar-refractivity contribution in [2.24, 2.45) is 5.73 Å². The molecular weight excluding hydrogens is 208 g/mol. The maximum Gasteiger partial charge on any atom is 0.0360 e. The quantitative estimate of drug-likeness (QED) is 0.757. The molecule has 0 amide bonds. The fourth-order valence-corrected chi connectivity index (χ4v) is 3.69. The zero-order valence-corrected chi connectivity index (χ0v) is 11.2. The number of hydrogen-bond donors (Lipinski definition) is 1. The van der Waals surface area contributed by atoms with Crippen LogP contribution in [0.3, 0.4) is 0 Å². The smallest absolute Gasteiger partial charge is 0.0360 e. The van der Waals surface area contributed by atoms with Gasteiger partial charge in [-0.25, -0.2) is 0 Å². The summed E-state index contributed by atoms with van der Waals surface area (Å²) in [7, 11) is 0. The van der Waals surface area contributed by atoms with Crippen molar-refractivity contribution in [1.82, 2.24) is 4.90 Å². The van der Waals surface area contributed by atoms with Gasteiger partial charge in [-0.15, -0.1) is 11.8 Å². The van der Waals surface area contributed by atoms with E-state index in [0.29, 0.717) is 11.6 Å². The lowest BCUT2D eigenvalue weighted by molar-refractivity contribution is 0.0894. The minimum Gasteiger partial charge on any atom is -0.326 e. The van der Waals surface area contributed by atoms with Crippen LogP contribution < -0.4 is 5.73 Å². The highest BCUT2D eigenvalue weighted by Crippen LogP contribution is 2.40. The summed E-state index contributed by atoms with van der Waals surface area (Å²) in [5.74, 6) is 6.14. The molecule has 0 aromatic carbocycles. The Morgan fingerprint density at radius 3 is 2.41 bits per heavy atom. The van der Waals surface area contributed by atoms with Gasteiger partial charge in [-0.1, -0.05) is 12.8 Å². The molecule has 2 aliphatic rings. The average Bonchev–Trinajstić information content (AvgIpc) is 3.00. The highest BCUT2D eigenvalue weighted by Gasteiger charge is 2.44. The Bertz CT molecular complexity index is 288. The molecule has 0 aromatic rings. The van der Waals surface area contributed by atoms with Gasteiger partial charge in [0.05, 0.1) is 0 Å². The van der Waals surface area contributed by atoms with Crippen molar-refractivity contribution in [2.45, 2.75) is 69.9 Å². The first-order valence-corrected chi connectivity index (χ1v) is 7.20. The standard InChI is InChI=1S/C15H26N2/c1-2-3-4-9-14(16)15(10-5-6-11-15)17-12-7-8-13-17/h14H,4-13,16H2,1H3. The van der Waals surface area contributed by atoms with E-state index in [4.69, 9.17) is 5.73 Å². The first-order valence-electron chi connectivity index (χ1n) is 7.20. The predicted molar refractivity (Wildman–Crippen MR) is 72.7 cm³/mol. The van der Waals surface area contributed by atoms with Crippen molar-refractivity contribution in [3.63, 3.8) is 0 Å². The van der Waals surface area contributed by atoms with E-state index in [1.54, 1.807) is 0 Å². The van der Waals surface area contributed by atoms with Gasteiger partial charge >= 0.3 is 0 Å². The van der Waals surface area contributed by atoms with E-state index in [2.05, 4.69) is 16.7 Å². The maximum atomic E-state index is 6.53. The van der Waals surface area contributed by atoms with Gasteiger partial charge in [0.1, 0.15) is 0 Å². The van der Waals surface area contributed by atoms with Crippen molar-refractivity contribution in [3.8, 4) is 11.8 Å². The fraction of sp³-hybridized carbons (Fsp3) is 0.867.